The van der Waals surface area contributed by atoms with Crippen LogP contribution in [0, 0.1) is 11.3 Å². The van der Waals surface area contributed by atoms with Gasteiger partial charge in [-0.05, 0) is 30.6 Å². The Bertz CT molecular complexity index is 357. The summed E-state index contributed by atoms with van der Waals surface area (Å²) in [5, 5.41) is 11.5. The van der Waals surface area contributed by atoms with Crippen molar-refractivity contribution in [3.05, 3.63) is 0 Å². The highest BCUT2D eigenvalue weighted by molar-refractivity contribution is 5.81. The number of nitrogens with two attached hydrogens (primary N) is 1. The lowest BCUT2D eigenvalue weighted by molar-refractivity contribution is -0.132. The van der Waals surface area contributed by atoms with Crippen LogP contribution in [0.25, 0.3) is 0 Å². The SMILES string of the molecule is CC(CC(=O)N(CCC(N)=NO)C1CC1)CC(C)(C)C. The van der Waals surface area contributed by atoms with Crippen LogP contribution in [0.3, 0.4) is 0 Å². The predicted octanol–water partition coefficient (Wildman–Crippen LogP) is 2.58. The number of hydrogen-bond donors (Lipinski definition) is 2. The van der Waals surface area contributed by atoms with Crippen LogP contribution in [0.4, 0.5) is 0 Å². The van der Waals surface area contributed by atoms with E-state index >= 15 is 0 Å². The Morgan fingerprint density at radius 2 is 2.05 bits per heavy atom. The minimum Gasteiger partial charge on any atom is -0.409 e. The molecule has 1 amide bonds. The summed E-state index contributed by atoms with van der Waals surface area (Å²) in [6, 6.07) is 0.371. The van der Waals surface area contributed by atoms with Crippen molar-refractivity contribution in [1.29, 1.82) is 0 Å². The molecule has 1 unspecified atom stereocenters. The van der Waals surface area contributed by atoms with Crippen LogP contribution in [0.5, 0.6) is 0 Å². The first-order valence-corrected chi connectivity index (χ1v) is 7.49. The molecule has 0 heterocycles. The third-order valence-corrected chi connectivity index (χ3v) is 3.53. The molecule has 1 fully saturated rings. The van der Waals surface area contributed by atoms with Crippen LogP contribution in [0.2, 0.25) is 0 Å². The molecule has 1 atom stereocenters. The molecule has 0 spiro atoms. The molecule has 5 heteroatoms. The van der Waals surface area contributed by atoms with Gasteiger partial charge in [0, 0.05) is 25.4 Å². The van der Waals surface area contributed by atoms with E-state index in [9.17, 15) is 4.79 Å². The molecule has 0 bridgehead atoms. The van der Waals surface area contributed by atoms with E-state index in [1.165, 1.54) is 0 Å². The molecule has 0 aromatic rings. The molecule has 0 aromatic carbocycles. The van der Waals surface area contributed by atoms with Gasteiger partial charge in [-0.15, -0.1) is 0 Å². The molecule has 0 aliphatic heterocycles. The predicted molar refractivity (Wildman–Crippen MR) is 80.6 cm³/mol. The van der Waals surface area contributed by atoms with Gasteiger partial charge in [0.05, 0.1) is 0 Å². The van der Waals surface area contributed by atoms with Crippen LogP contribution in [-0.2, 0) is 4.79 Å². The van der Waals surface area contributed by atoms with Gasteiger partial charge < -0.3 is 15.8 Å². The third kappa shape index (κ3) is 6.26. The normalized spacial score (nSPS) is 17.9. The van der Waals surface area contributed by atoms with Crippen molar-refractivity contribution in [3.63, 3.8) is 0 Å². The summed E-state index contributed by atoms with van der Waals surface area (Å²) >= 11 is 0. The molecule has 0 aromatic heterocycles. The van der Waals surface area contributed by atoms with Crippen LogP contribution < -0.4 is 5.73 Å². The van der Waals surface area contributed by atoms with E-state index in [0.29, 0.717) is 31.3 Å². The summed E-state index contributed by atoms with van der Waals surface area (Å²) in [4.78, 5) is 14.3. The van der Waals surface area contributed by atoms with Crippen LogP contribution in [0.15, 0.2) is 5.16 Å². The maximum Gasteiger partial charge on any atom is 0.223 e. The van der Waals surface area contributed by atoms with Gasteiger partial charge in [-0.25, -0.2) is 0 Å². The highest BCUT2D eigenvalue weighted by Crippen LogP contribution is 2.30. The molecule has 1 saturated carbocycles. The number of hydrogen-bond acceptors (Lipinski definition) is 3. The van der Waals surface area contributed by atoms with Gasteiger partial charge in [0.25, 0.3) is 0 Å². The first kappa shape index (κ1) is 16.8. The molecule has 0 saturated heterocycles. The summed E-state index contributed by atoms with van der Waals surface area (Å²) in [5.74, 6) is 0.772. The van der Waals surface area contributed by atoms with Crippen molar-refractivity contribution in [2.75, 3.05) is 6.54 Å². The zero-order valence-electron chi connectivity index (χ0n) is 13.2. The first-order chi connectivity index (χ1) is 9.23. The van der Waals surface area contributed by atoms with Crippen LogP contribution >= 0.6 is 0 Å². The highest BCUT2D eigenvalue weighted by Gasteiger charge is 2.33. The summed E-state index contributed by atoms with van der Waals surface area (Å²) < 4.78 is 0. The fourth-order valence-electron chi connectivity index (χ4n) is 2.72. The number of amides is 1. The molecule has 1 rings (SSSR count). The summed E-state index contributed by atoms with van der Waals surface area (Å²) in [7, 11) is 0. The second kappa shape index (κ2) is 6.95. The van der Waals surface area contributed by atoms with E-state index < -0.39 is 0 Å². The monoisotopic (exact) mass is 283 g/mol. The van der Waals surface area contributed by atoms with Gasteiger partial charge in [-0.1, -0.05) is 32.9 Å². The minimum absolute atomic E-state index is 0.186. The van der Waals surface area contributed by atoms with Gasteiger partial charge in [0.2, 0.25) is 5.91 Å². The lowest BCUT2D eigenvalue weighted by Crippen LogP contribution is -2.36. The van der Waals surface area contributed by atoms with Crippen LogP contribution in [0.1, 0.15) is 59.8 Å². The minimum atomic E-state index is 0.186. The lowest BCUT2D eigenvalue weighted by atomic mass is 9.84. The topological polar surface area (TPSA) is 78.9 Å². The molecular formula is C15H29N3O2. The van der Waals surface area contributed by atoms with Crippen molar-refractivity contribution in [3.8, 4) is 0 Å². The van der Waals surface area contributed by atoms with Crippen molar-refractivity contribution >= 4 is 11.7 Å². The highest BCUT2D eigenvalue weighted by atomic mass is 16.4. The quantitative estimate of drug-likeness (QED) is 0.326. The average molecular weight is 283 g/mol. The van der Waals surface area contributed by atoms with Gasteiger partial charge in [0.15, 0.2) is 0 Å². The number of carbonyl (C=O) groups is 1. The molecular weight excluding hydrogens is 254 g/mol. The van der Waals surface area contributed by atoms with Gasteiger partial charge >= 0.3 is 0 Å². The van der Waals surface area contributed by atoms with Crippen molar-refractivity contribution in [1.82, 2.24) is 4.90 Å². The van der Waals surface area contributed by atoms with Crippen molar-refractivity contribution < 1.29 is 10.0 Å². The standard InChI is InChI=1S/C15H29N3O2/c1-11(10-15(2,3)4)9-14(19)18(12-5-6-12)8-7-13(16)17-20/h11-12,20H,5-10H2,1-4H3,(H2,16,17). The molecule has 1 aliphatic rings. The van der Waals surface area contributed by atoms with Crippen LogP contribution in [-0.4, -0.2) is 34.4 Å². The van der Waals surface area contributed by atoms with Gasteiger partial charge in [0.1, 0.15) is 5.84 Å². The Morgan fingerprint density at radius 3 is 2.50 bits per heavy atom. The largest absolute Gasteiger partial charge is 0.409 e. The second-order valence-corrected chi connectivity index (χ2v) is 7.23. The number of rotatable bonds is 7. The maximum atomic E-state index is 12.4. The zero-order chi connectivity index (χ0) is 15.3. The zero-order valence-corrected chi connectivity index (χ0v) is 13.2. The molecule has 116 valence electrons. The molecule has 3 N–H and O–H groups in total. The molecule has 20 heavy (non-hydrogen) atoms. The van der Waals surface area contributed by atoms with E-state index in [1.54, 1.807) is 0 Å². The Kier molecular flexibility index (Phi) is 5.84. The van der Waals surface area contributed by atoms with E-state index in [4.69, 9.17) is 10.9 Å². The Balaban J connectivity index is 2.48. The van der Waals surface area contributed by atoms with Gasteiger partial charge in [-0.3, -0.25) is 4.79 Å². The van der Waals surface area contributed by atoms with Crippen molar-refractivity contribution in [2.24, 2.45) is 22.2 Å². The summed E-state index contributed by atoms with van der Waals surface area (Å²) in [5.41, 5.74) is 5.74. The molecule has 1 aliphatic carbocycles. The van der Waals surface area contributed by atoms with Gasteiger partial charge in [-0.2, -0.15) is 0 Å². The summed E-state index contributed by atoms with van der Waals surface area (Å²) in [6.07, 6.45) is 4.22. The Morgan fingerprint density at radius 1 is 1.45 bits per heavy atom. The van der Waals surface area contributed by atoms with Crippen molar-refractivity contribution in [2.45, 2.75) is 65.8 Å². The number of oxime groups is 1. The molecule has 0 radical (unpaired) electrons. The first-order valence-electron chi connectivity index (χ1n) is 7.49. The third-order valence-electron chi connectivity index (χ3n) is 3.53. The van der Waals surface area contributed by atoms with E-state index in [0.717, 1.165) is 19.3 Å². The Labute approximate surface area is 122 Å². The number of nitrogens with zero attached hydrogens (tertiary/aromatic N) is 2. The lowest BCUT2D eigenvalue weighted by Gasteiger charge is -2.27. The average Bonchev–Trinajstić information content (AvgIpc) is 3.10. The van der Waals surface area contributed by atoms with E-state index in [-0.39, 0.29) is 17.2 Å². The smallest absolute Gasteiger partial charge is 0.223 e. The fourth-order valence-corrected chi connectivity index (χ4v) is 2.72. The molecule has 5 nitrogen and oxygen atoms in total. The Hall–Kier alpha value is -1.26. The van der Waals surface area contributed by atoms with E-state index in [2.05, 4.69) is 32.9 Å². The van der Waals surface area contributed by atoms with E-state index in [1.807, 2.05) is 4.90 Å². The number of carbonyl (C=O) groups excluding carboxylic acids is 1. The maximum absolute atomic E-state index is 12.4. The summed E-state index contributed by atoms with van der Waals surface area (Å²) in [6.45, 7) is 9.29. The fraction of sp³-hybridized carbons (Fsp3) is 0.867. The number of amidine groups is 1. The second-order valence-electron chi connectivity index (χ2n) is 7.23.